The molecule has 1 N–H and O–H groups in total. The smallest absolute Gasteiger partial charge is 0.416 e. The Morgan fingerprint density at radius 2 is 1.17 bits per heavy atom. The van der Waals surface area contributed by atoms with E-state index in [1.165, 1.54) is 0 Å². The molecule has 166 valence electrons. The monoisotopic (exact) mass is 571 g/mol. The van der Waals surface area contributed by atoms with E-state index in [9.17, 15) is 8.42 Å². The van der Waals surface area contributed by atoms with Crippen LogP contribution in [0.4, 0.5) is 0 Å². The van der Waals surface area contributed by atoms with Gasteiger partial charge in [0.2, 0.25) is 61.5 Å². The van der Waals surface area contributed by atoms with Crippen molar-refractivity contribution in [2.75, 3.05) is 25.4 Å². The Hall–Kier alpha value is 1.37. The van der Waals surface area contributed by atoms with E-state index in [1.807, 2.05) is 13.1 Å². The predicted octanol–water partition coefficient (Wildman–Crippen LogP) is -1.01. The van der Waals surface area contributed by atoms with E-state index in [-0.39, 0.29) is 25.3 Å². The lowest BCUT2D eigenvalue weighted by Gasteiger charge is -2.30. The Bertz CT molecular complexity index is 513. The van der Waals surface area contributed by atoms with Crippen LogP contribution in [0.3, 0.4) is 0 Å². The third-order valence-electron chi connectivity index (χ3n) is 3.93. The molecule has 0 atom stereocenters. The minimum absolute atomic E-state index is 0.211. The fraction of sp³-hybridized carbons (Fsp3) is 1.00. The van der Waals surface area contributed by atoms with Gasteiger partial charge in [0.05, 0.1) is 5.75 Å². The van der Waals surface area contributed by atoms with Crippen molar-refractivity contribution in [2.24, 2.45) is 0 Å². The molecule has 0 amide bonds. The summed E-state index contributed by atoms with van der Waals surface area (Å²) in [5.74, 6) is -0.288. The van der Waals surface area contributed by atoms with Crippen LogP contribution < -0.4 is 0 Å². The molecule has 16 radical (unpaired) electrons. The molecule has 0 spiro atoms. The first kappa shape index (κ1) is 31.4. The van der Waals surface area contributed by atoms with Gasteiger partial charge in [-0.1, -0.05) is 0 Å². The maximum atomic E-state index is 11.0. The van der Waals surface area contributed by atoms with Crippen LogP contribution >= 0.6 is 0 Å². The molecule has 19 heteroatoms. The van der Waals surface area contributed by atoms with Crippen LogP contribution in [0.15, 0.2) is 0 Å². The van der Waals surface area contributed by atoms with Gasteiger partial charge in [0, 0.05) is 12.1 Å². The molecule has 0 rings (SSSR count). The Kier molecular flexibility index (Phi) is 17.7. The Morgan fingerprint density at radius 3 is 1.47 bits per heavy atom. The van der Waals surface area contributed by atoms with Crippen LogP contribution in [0.5, 0.6) is 0 Å². The van der Waals surface area contributed by atoms with E-state index < -0.39 is 27.7 Å². The molecule has 0 unspecified atom stereocenters. The number of rotatable bonds is 20. The normalized spacial score (nSPS) is 13.3. The molecule has 0 fully saturated rings. The lowest BCUT2D eigenvalue weighted by Crippen LogP contribution is -2.46. The van der Waals surface area contributed by atoms with Crippen LogP contribution in [-0.2, 0) is 34.8 Å². The van der Waals surface area contributed by atoms with Gasteiger partial charge in [-0.25, -0.2) is 0 Å². The highest BCUT2D eigenvalue weighted by Gasteiger charge is 2.38. The predicted molar refractivity (Wildman–Crippen MR) is 121 cm³/mol. The Morgan fingerprint density at radius 1 is 0.800 bits per heavy atom. The highest BCUT2D eigenvalue weighted by molar-refractivity contribution is 7.85. The summed E-state index contributed by atoms with van der Waals surface area (Å²) in [4.78, 5) is 2.11. The summed E-state index contributed by atoms with van der Waals surface area (Å²) in [6.45, 7) is 5.59. The van der Waals surface area contributed by atoms with Gasteiger partial charge in [0.1, 0.15) is 0 Å². The summed E-state index contributed by atoms with van der Waals surface area (Å²) in [6.07, 6.45) is 1.72. The molecule has 0 aliphatic carbocycles. The van der Waals surface area contributed by atoms with Crippen LogP contribution in [0.2, 0.25) is 25.2 Å². The fourth-order valence-corrected chi connectivity index (χ4v) is 12.5. The molecule has 10 nitrogen and oxygen atoms in total. The summed E-state index contributed by atoms with van der Waals surface area (Å²) < 4.78 is 63.5. The van der Waals surface area contributed by atoms with Crippen LogP contribution in [0, 0.1) is 0 Å². The SMILES string of the molecule is C[Si]O[Si](CCCN(CCC[Si](O[Si])(O[Si])O[Si]C)CCCS(=O)(=O)O)(O[Si])O[Si]. The van der Waals surface area contributed by atoms with Gasteiger partial charge in [0.15, 0.2) is 0 Å². The topological polar surface area (TPSA) is 113 Å². The molecule has 0 aromatic rings. The van der Waals surface area contributed by atoms with Gasteiger partial charge < -0.3 is 29.6 Å². The molecule has 0 bridgehead atoms. The second-order valence-electron chi connectivity index (χ2n) is 6.07. The van der Waals surface area contributed by atoms with Gasteiger partial charge >= 0.3 is 17.6 Å². The largest absolute Gasteiger partial charge is 0.468 e. The van der Waals surface area contributed by atoms with Crippen molar-refractivity contribution in [1.29, 1.82) is 0 Å². The van der Waals surface area contributed by atoms with Gasteiger partial charge in [-0.2, -0.15) is 8.42 Å². The molecule has 0 saturated heterocycles. The number of nitrogens with zero attached hydrogens (tertiary/aromatic N) is 1. The molecular weight excluding hydrogens is 547 g/mol. The maximum Gasteiger partial charge on any atom is 0.468 e. The summed E-state index contributed by atoms with van der Waals surface area (Å²) in [7, 11) is 2.92. The van der Waals surface area contributed by atoms with Crippen LogP contribution in [0.1, 0.15) is 19.3 Å². The molecule has 0 aliphatic heterocycles. The first-order valence-corrected chi connectivity index (χ1v) is 18.8. The molecule has 30 heavy (non-hydrogen) atoms. The van der Waals surface area contributed by atoms with Crippen molar-refractivity contribution >= 4 is 89.2 Å². The van der Waals surface area contributed by atoms with E-state index in [1.54, 1.807) is 0 Å². The highest BCUT2D eigenvalue weighted by Crippen LogP contribution is 2.18. The van der Waals surface area contributed by atoms with E-state index in [2.05, 4.69) is 46.8 Å². The quantitative estimate of drug-likeness (QED) is 0.144. The first-order valence-electron chi connectivity index (χ1n) is 8.91. The second kappa shape index (κ2) is 16.9. The zero-order valence-electron chi connectivity index (χ0n) is 16.9. The molecule has 0 aromatic carbocycles. The lowest BCUT2D eigenvalue weighted by atomic mass is 10.3. The van der Waals surface area contributed by atoms with E-state index in [4.69, 9.17) is 29.2 Å². The fourth-order valence-electron chi connectivity index (χ4n) is 2.59. The van der Waals surface area contributed by atoms with E-state index in [0.29, 0.717) is 51.0 Å². The average Bonchev–Trinajstić information content (AvgIpc) is 2.71. The number of hydrogen-bond donors (Lipinski definition) is 1. The number of hydrogen-bond acceptors (Lipinski definition) is 9. The molecule has 0 saturated carbocycles. The van der Waals surface area contributed by atoms with E-state index in [0.717, 1.165) is 0 Å². The Balaban J connectivity index is 4.85. The summed E-state index contributed by atoms with van der Waals surface area (Å²) in [5, 5.41) is 0. The zero-order chi connectivity index (χ0) is 23.1. The van der Waals surface area contributed by atoms with Crippen molar-refractivity contribution in [3.8, 4) is 0 Å². The molecule has 0 aliphatic rings. The summed E-state index contributed by atoms with van der Waals surface area (Å²) >= 11 is 0. The second-order valence-corrected chi connectivity index (χ2v) is 17.1. The Labute approximate surface area is 201 Å². The van der Waals surface area contributed by atoms with Crippen molar-refractivity contribution in [3.05, 3.63) is 0 Å². The molecule has 0 aromatic heterocycles. The standard InChI is InChI=1S/C11H25NO9SSi8/c1-27-20-29(16-23,17-24)10-4-7-12(6-3-9-22(13,14)15)8-5-11-30(18-25,19-26)21-28-2/h3-11H2,1-2H3,(H,13,14,15). The van der Waals surface area contributed by atoms with Gasteiger partial charge in [-0.15, -0.1) is 0 Å². The van der Waals surface area contributed by atoms with Crippen molar-refractivity contribution < 1.29 is 37.7 Å². The summed E-state index contributed by atoms with van der Waals surface area (Å²) in [6, 6.07) is 1.12. The third-order valence-corrected chi connectivity index (χ3v) is 15.8. The summed E-state index contributed by atoms with van der Waals surface area (Å²) in [5.41, 5.74) is 0. The van der Waals surface area contributed by atoms with E-state index >= 15 is 0 Å². The van der Waals surface area contributed by atoms with Crippen molar-refractivity contribution in [2.45, 2.75) is 44.4 Å². The van der Waals surface area contributed by atoms with Gasteiger partial charge in [-0.3, -0.25) is 4.55 Å². The van der Waals surface area contributed by atoms with Crippen LogP contribution in [0.25, 0.3) is 0 Å². The van der Waals surface area contributed by atoms with Gasteiger partial charge in [0.25, 0.3) is 10.1 Å². The third kappa shape index (κ3) is 13.2. The highest BCUT2D eigenvalue weighted by atomic mass is 32.2. The van der Waals surface area contributed by atoms with Gasteiger partial charge in [-0.05, 0) is 52.0 Å². The minimum atomic E-state index is -3.99. The zero-order valence-corrected chi connectivity index (χ0v) is 25.7. The van der Waals surface area contributed by atoms with Crippen molar-refractivity contribution in [1.82, 2.24) is 4.90 Å². The molecular formula is C11H25NO9SSi8. The minimum Gasteiger partial charge on any atom is -0.416 e. The first-order chi connectivity index (χ1) is 14.1. The van der Waals surface area contributed by atoms with Crippen LogP contribution in [-0.4, -0.2) is 122 Å². The molecule has 0 heterocycles. The lowest BCUT2D eigenvalue weighted by molar-refractivity contribution is 0.248. The maximum absolute atomic E-state index is 11.0. The van der Waals surface area contributed by atoms with Crippen molar-refractivity contribution in [3.63, 3.8) is 0 Å². The average molecular weight is 572 g/mol.